The molecule has 5 nitrogen and oxygen atoms in total. The van der Waals surface area contributed by atoms with Crippen LogP contribution in [-0.2, 0) is 11.7 Å². The van der Waals surface area contributed by atoms with Gasteiger partial charge < -0.3 is 15.2 Å². The normalized spacial score (nSPS) is 22.4. The number of fused-ring (bicyclic) bond motifs is 1. The maximum absolute atomic E-state index is 13.6. The Morgan fingerprint density at radius 3 is 2.77 bits per heavy atom. The summed E-state index contributed by atoms with van der Waals surface area (Å²) in [6.45, 7) is 1.46. The number of nitrogens with zero attached hydrogens (tertiary/aromatic N) is 2. The molecule has 2 unspecified atom stereocenters. The molecule has 0 saturated carbocycles. The molecule has 0 amide bonds. The molecule has 2 atom stereocenters. The fraction of sp³-hybridized carbons (Fsp3) is 0.222. The van der Waals surface area contributed by atoms with Gasteiger partial charge in [0.1, 0.15) is 5.54 Å². The Bertz CT molecular complexity index is 1370. The number of aromatic nitrogens is 1. The van der Waals surface area contributed by atoms with Crippen molar-refractivity contribution < 1.29 is 18.0 Å². The Labute approximate surface area is 200 Å². The van der Waals surface area contributed by atoms with Gasteiger partial charge in [0.05, 0.1) is 11.6 Å². The van der Waals surface area contributed by atoms with Crippen molar-refractivity contribution in [1.29, 1.82) is 0 Å². The van der Waals surface area contributed by atoms with Crippen molar-refractivity contribution >= 4 is 22.9 Å². The number of nitrogens with one attached hydrogen (secondary N) is 2. The second-order valence-corrected chi connectivity index (χ2v) is 8.64. The monoisotopic (exact) mass is 476 g/mol. The minimum atomic E-state index is -4.62. The molecule has 8 heteroatoms. The summed E-state index contributed by atoms with van der Waals surface area (Å²) in [7, 11) is 0. The molecule has 0 bridgehead atoms. The van der Waals surface area contributed by atoms with E-state index in [1.807, 2.05) is 53.7 Å². The third kappa shape index (κ3) is 3.88. The van der Waals surface area contributed by atoms with Crippen LogP contribution in [-0.4, -0.2) is 41.8 Å². The number of carbonyl (C=O) groups excluding carboxylic acids is 1. The lowest BCUT2D eigenvalue weighted by molar-refractivity contribution is -0.137. The first-order valence-electron chi connectivity index (χ1n) is 11.2. The molecular formula is C27H23F3N4O. The molecule has 3 aromatic rings. The summed E-state index contributed by atoms with van der Waals surface area (Å²) < 4.78 is 40.8. The van der Waals surface area contributed by atoms with E-state index in [1.165, 1.54) is 6.07 Å². The van der Waals surface area contributed by atoms with Crippen molar-refractivity contribution in [3.8, 4) is 12.5 Å². The minimum Gasteiger partial charge on any atom is -0.369 e. The van der Waals surface area contributed by atoms with Gasteiger partial charge >= 0.3 is 6.18 Å². The second-order valence-electron chi connectivity index (χ2n) is 8.64. The number of alkyl halides is 3. The molecule has 0 radical (unpaired) electrons. The Morgan fingerprint density at radius 1 is 1.14 bits per heavy atom. The van der Waals surface area contributed by atoms with Gasteiger partial charge in [-0.15, -0.1) is 0 Å². The van der Waals surface area contributed by atoms with Gasteiger partial charge in [-0.05, 0) is 53.4 Å². The van der Waals surface area contributed by atoms with E-state index >= 15 is 0 Å². The molecule has 3 heterocycles. The number of hydrogen-bond donors (Lipinski definition) is 2. The molecule has 0 spiro atoms. The van der Waals surface area contributed by atoms with Gasteiger partial charge in [0, 0.05) is 54.8 Å². The first kappa shape index (κ1) is 22.8. The second kappa shape index (κ2) is 8.67. The van der Waals surface area contributed by atoms with Crippen LogP contribution in [0.25, 0.3) is 10.9 Å². The van der Waals surface area contributed by atoms with Crippen LogP contribution < -0.4 is 10.2 Å². The number of halogens is 3. The fourth-order valence-corrected chi connectivity index (χ4v) is 5.08. The number of piperazine rings is 1. The van der Waals surface area contributed by atoms with E-state index < -0.39 is 17.3 Å². The number of rotatable bonds is 4. The van der Waals surface area contributed by atoms with Crippen LogP contribution in [0.15, 0.2) is 73.1 Å². The van der Waals surface area contributed by atoms with Gasteiger partial charge in [0.25, 0.3) is 0 Å². The highest BCUT2D eigenvalue weighted by molar-refractivity contribution is 5.81. The number of aldehydes is 1. The van der Waals surface area contributed by atoms with E-state index in [0.29, 0.717) is 25.3 Å². The lowest BCUT2D eigenvalue weighted by atomic mass is 9.78. The van der Waals surface area contributed by atoms with Crippen molar-refractivity contribution in [2.75, 3.05) is 24.5 Å². The van der Waals surface area contributed by atoms with Crippen LogP contribution in [0.3, 0.4) is 0 Å². The maximum Gasteiger partial charge on any atom is 0.417 e. The summed E-state index contributed by atoms with van der Waals surface area (Å²) >= 11 is 0. The summed E-state index contributed by atoms with van der Waals surface area (Å²) in [6.07, 6.45) is 11.1. The number of aromatic amines is 1. The molecule has 1 aromatic heterocycles. The Balaban J connectivity index is 1.56. The predicted octanol–water partition coefficient (Wildman–Crippen LogP) is 4.65. The molecule has 35 heavy (non-hydrogen) atoms. The van der Waals surface area contributed by atoms with Crippen LogP contribution in [0.2, 0.25) is 0 Å². The maximum atomic E-state index is 13.6. The van der Waals surface area contributed by atoms with Crippen LogP contribution in [0, 0.1) is 12.5 Å². The van der Waals surface area contributed by atoms with E-state index in [2.05, 4.69) is 22.4 Å². The largest absolute Gasteiger partial charge is 0.417 e. The average Bonchev–Trinajstić information content (AvgIpc) is 3.36. The third-order valence-electron chi connectivity index (χ3n) is 6.79. The quantitative estimate of drug-likeness (QED) is 0.425. The summed E-state index contributed by atoms with van der Waals surface area (Å²) in [5, 5.41) is 4.59. The molecule has 2 aliphatic rings. The van der Waals surface area contributed by atoms with Crippen molar-refractivity contribution in [3.63, 3.8) is 0 Å². The molecule has 2 aliphatic heterocycles. The molecule has 2 N–H and O–H groups in total. The van der Waals surface area contributed by atoms with E-state index in [-0.39, 0.29) is 17.9 Å². The standard InChI is InChI=1S/C27H23F3N4O/c1-2-34-13-4-3-10-26(34,21-6-8-24-19(15-21)9-11-31-24)25-17-33(14-12-32-25)22-7-5-20(18-35)23(16-22)27(28,29)30/h1,3-11,13,15-16,18,25,31-32H,12,14,17H2. The number of carbonyl (C=O) groups is 1. The van der Waals surface area contributed by atoms with Crippen LogP contribution in [0.4, 0.5) is 18.9 Å². The van der Waals surface area contributed by atoms with Crippen molar-refractivity contribution in [2.45, 2.75) is 17.8 Å². The lowest BCUT2D eigenvalue weighted by Crippen LogP contribution is -2.63. The van der Waals surface area contributed by atoms with Crippen LogP contribution in [0.1, 0.15) is 21.5 Å². The first-order chi connectivity index (χ1) is 16.9. The highest BCUT2D eigenvalue weighted by Gasteiger charge is 2.45. The molecule has 0 aliphatic carbocycles. The summed E-state index contributed by atoms with van der Waals surface area (Å²) in [4.78, 5) is 18.1. The van der Waals surface area contributed by atoms with Crippen LogP contribution >= 0.6 is 0 Å². The molecule has 178 valence electrons. The number of terminal acetylenes is 1. The van der Waals surface area contributed by atoms with Gasteiger partial charge in [-0.2, -0.15) is 13.2 Å². The highest BCUT2D eigenvalue weighted by Crippen LogP contribution is 2.40. The van der Waals surface area contributed by atoms with E-state index in [9.17, 15) is 18.0 Å². The molecular weight excluding hydrogens is 453 g/mol. The van der Waals surface area contributed by atoms with Gasteiger partial charge in [0.2, 0.25) is 0 Å². The zero-order valence-electron chi connectivity index (χ0n) is 18.7. The zero-order chi connectivity index (χ0) is 24.6. The number of benzene rings is 2. The molecule has 1 fully saturated rings. The fourth-order valence-electron chi connectivity index (χ4n) is 5.08. The van der Waals surface area contributed by atoms with Gasteiger partial charge in [-0.3, -0.25) is 9.69 Å². The first-order valence-corrected chi connectivity index (χ1v) is 11.2. The van der Waals surface area contributed by atoms with Gasteiger partial charge in [-0.25, -0.2) is 0 Å². The number of hydrogen-bond acceptors (Lipinski definition) is 4. The zero-order valence-corrected chi connectivity index (χ0v) is 18.7. The lowest BCUT2D eigenvalue weighted by Gasteiger charge is -2.49. The van der Waals surface area contributed by atoms with Crippen molar-refractivity contribution in [3.05, 3.63) is 89.8 Å². The minimum absolute atomic E-state index is 0.239. The predicted molar refractivity (Wildman–Crippen MR) is 130 cm³/mol. The van der Waals surface area contributed by atoms with E-state index in [4.69, 9.17) is 6.42 Å². The number of anilines is 1. The average molecular weight is 477 g/mol. The van der Waals surface area contributed by atoms with Crippen molar-refractivity contribution in [1.82, 2.24) is 15.2 Å². The Morgan fingerprint density at radius 2 is 2.00 bits per heavy atom. The molecule has 2 aromatic carbocycles. The van der Waals surface area contributed by atoms with E-state index in [1.54, 1.807) is 11.0 Å². The summed E-state index contributed by atoms with van der Waals surface area (Å²) in [6, 6.07) is 14.5. The summed E-state index contributed by atoms with van der Waals surface area (Å²) in [5.74, 6) is 0. The van der Waals surface area contributed by atoms with Crippen molar-refractivity contribution in [2.24, 2.45) is 0 Å². The Kier molecular flexibility index (Phi) is 5.65. The SMILES string of the molecule is C#CN1C=CC=CC1(c1ccc2[nH]ccc2c1)C1CN(c2ccc(C=O)c(C(F)(F)F)c2)CCN1. The summed E-state index contributed by atoms with van der Waals surface area (Å²) in [5.41, 5.74) is 0.313. The van der Waals surface area contributed by atoms with Gasteiger partial charge in [-0.1, -0.05) is 24.6 Å². The number of H-pyrrole nitrogens is 1. The van der Waals surface area contributed by atoms with Gasteiger partial charge in [0.15, 0.2) is 6.29 Å². The van der Waals surface area contributed by atoms with Crippen LogP contribution in [0.5, 0.6) is 0 Å². The molecule has 5 rings (SSSR count). The molecule has 1 saturated heterocycles. The smallest absolute Gasteiger partial charge is 0.369 e. The highest BCUT2D eigenvalue weighted by atomic mass is 19.4. The van der Waals surface area contributed by atoms with E-state index in [0.717, 1.165) is 22.5 Å². The topological polar surface area (TPSA) is 51.4 Å². The number of allylic oxidation sites excluding steroid dienone is 2. The Hall–Kier alpha value is -3.96. The third-order valence-corrected chi connectivity index (χ3v) is 6.79.